The topological polar surface area (TPSA) is 187 Å². The van der Waals surface area contributed by atoms with E-state index in [1.807, 2.05) is 0 Å². The minimum atomic E-state index is -3.99. The van der Waals surface area contributed by atoms with E-state index in [2.05, 4.69) is 15.6 Å². The number of aliphatic carboxylic acids is 1. The summed E-state index contributed by atoms with van der Waals surface area (Å²) in [5, 5.41) is 57.8. The normalized spacial score (nSPS) is 28.8. The van der Waals surface area contributed by atoms with Crippen molar-refractivity contribution < 1.29 is 48.6 Å². The van der Waals surface area contributed by atoms with Gasteiger partial charge in [0.2, 0.25) is 5.91 Å². The lowest BCUT2D eigenvalue weighted by Crippen LogP contribution is -2.69. The molecule has 0 aliphatic carbocycles. The van der Waals surface area contributed by atoms with Gasteiger partial charge in [-0.1, -0.05) is 29.5 Å². The van der Waals surface area contributed by atoms with Crippen LogP contribution in [-0.2, 0) is 20.9 Å². The zero-order valence-corrected chi connectivity index (χ0v) is 17.8. The lowest BCUT2D eigenvalue weighted by molar-refractivity contribution is -0.283. The molecule has 0 saturated carbocycles. The molecule has 3 rings (SSSR count). The number of nitrogens with zero attached hydrogens (tertiary/aromatic N) is 3. The summed E-state index contributed by atoms with van der Waals surface area (Å²) in [6.07, 6.45) is -7.80. The number of aromatic nitrogens is 3. The van der Waals surface area contributed by atoms with Crippen molar-refractivity contribution in [2.45, 2.75) is 56.0 Å². The fourth-order valence-electron chi connectivity index (χ4n) is 3.75. The molecule has 1 fully saturated rings. The van der Waals surface area contributed by atoms with Crippen LogP contribution in [0.25, 0.3) is 11.3 Å². The molecule has 1 aliphatic heterocycles. The van der Waals surface area contributed by atoms with E-state index in [4.69, 9.17) is 14.9 Å². The molecular weight excluding hydrogens is 462 g/mol. The van der Waals surface area contributed by atoms with E-state index in [-0.39, 0.29) is 12.3 Å². The van der Waals surface area contributed by atoms with E-state index in [9.17, 15) is 24.9 Å². The van der Waals surface area contributed by atoms with Crippen molar-refractivity contribution in [2.75, 3.05) is 6.61 Å². The molecule has 0 spiro atoms. The largest absolute Gasteiger partial charge is 0.477 e. The van der Waals surface area contributed by atoms with Crippen LogP contribution in [0.1, 0.15) is 18.5 Å². The maximum atomic E-state index is 15.4. The molecule has 1 aromatic carbocycles. The fraction of sp³-hybridized carbons (Fsp3) is 0.500. The number of carbonyl (C=O) groups excluding carboxylic acids is 1. The van der Waals surface area contributed by atoms with Gasteiger partial charge in [-0.3, -0.25) is 4.79 Å². The number of carboxylic acids is 1. The average Bonchev–Trinajstić information content (AvgIpc) is 3.29. The number of hydrogen-bond acceptors (Lipinski definition) is 9. The smallest absolute Gasteiger partial charge is 0.372 e. The van der Waals surface area contributed by atoms with Crippen LogP contribution in [0.15, 0.2) is 30.5 Å². The van der Waals surface area contributed by atoms with Crippen LogP contribution in [0.4, 0.5) is 8.78 Å². The molecule has 2 aromatic rings. The first-order valence-electron chi connectivity index (χ1n) is 10.1. The van der Waals surface area contributed by atoms with E-state index < -0.39 is 60.9 Å². The SMILES string of the molecule is CC(=O)N[C@H]1[C@H]([C@H](O)[C@H](O)CO)OC(F)(C(=O)O)C(F)[C@@H]1n1cc(-c2ccc(CO)cc2)nn1. The Morgan fingerprint density at radius 2 is 1.91 bits per heavy atom. The maximum absolute atomic E-state index is 15.4. The van der Waals surface area contributed by atoms with Crippen LogP contribution in [0.5, 0.6) is 0 Å². The summed E-state index contributed by atoms with van der Waals surface area (Å²) in [7, 11) is 0. The molecular formula is C20H24F2N4O8. The molecule has 6 N–H and O–H groups in total. The van der Waals surface area contributed by atoms with E-state index in [0.29, 0.717) is 11.1 Å². The van der Waals surface area contributed by atoms with E-state index in [1.54, 1.807) is 24.3 Å². The molecule has 34 heavy (non-hydrogen) atoms. The van der Waals surface area contributed by atoms with Gasteiger partial charge in [-0.25, -0.2) is 13.9 Å². The van der Waals surface area contributed by atoms with Crippen molar-refractivity contribution in [3.8, 4) is 11.3 Å². The van der Waals surface area contributed by atoms with Gasteiger partial charge < -0.3 is 35.6 Å². The second-order valence-corrected chi connectivity index (χ2v) is 7.83. The Hall–Kier alpha value is -3.04. The molecule has 2 heterocycles. The third-order valence-corrected chi connectivity index (χ3v) is 5.51. The van der Waals surface area contributed by atoms with Gasteiger partial charge in [-0.15, -0.1) is 5.10 Å². The Bertz CT molecular complexity index is 1020. The van der Waals surface area contributed by atoms with Gasteiger partial charge in [0, 0.05) is 12.5 Å². The molecule has 1 aromatic heterocycles. The minimum absolute atomic E-state index is 0.178. The van der Waals surface area contributed by atoms with Gasteiger partial charge in [0.1, 0.15) is 30.0 Å². The average molecular weight is 486 g/mol. The molecule has 12 nitrogen and oxygen atoms in total. The summed E-state index contributed by atoms with van der Waals surface area (Å²) in [5.41, 5.74) is 1.27. The standard InChI is InChI=1S/C20H24F2N4O8/c1-9(29)23-14-15(26-6-12(24-25-26)11-4-2-10(7-27)3-5-11)18(21)20(22,19(32)33)34-17(14)16(31)13(30)8-28/h2-6,13-18,27-28,30-31H,7-8H2,1H3,(H,23,29)(H,32,33)/t13-,14-,15-,16-,17-,18?,20?/m1/s1. The van der Waals surface area contributed by atoms with E-state index >= 15 is 8.78 Å². The Kier molecular flexibility index (Phi) is 7.57. The molecule has 186 valence electrons. The van der Waals surface area contributed by atoms with Crippen LogP contribution < -0.4 is 5.32 Å². The Morgan fingerprint density at radius 1 is 1.26 bits per heavy atom. The lowest BCUT2D eigenvalue weighted by atomic mass is 9.86. The molecule has 0 radical (unpaired) electrons. The first kappa shape index (κ1) is 25.6. The van der Waals surface area contributed by atoms with Crippen LogP contribution in [0.2, 0.25) is 0 Å². The number of halogens is 2. The number of rotatable bonds is 8. The Balaban J connectivity index is 2.09. The summed E-state index contributed by atoms with van der Waals surface area (Å²) in [6.45, 7) is -0.171. The molecule has 2 unspecified atom stereocenters. The lowest BCUT2D eigenvalue weighted by Gasteiger charge is -2.46. The predicted octanol–water partition coefficient (Wildman–Crippen LogP) is -1.32. The predicted molar refractivity (Wildman–Crippen MR) is 108 cm³/mol. The number of aliphatic hydroxyl groups is 4. The van der Waals surface area contributed by atoms with Gasteiger partial charge in [0.25, 0.3) is 0 Å². The number of aliphatic hydroxyl groups excluding tert-OH is 4. The maximum Gasteiger partial charge on any atom is 0.372 e. The molecule has 7 atom stereocenters. The first-order valence-corrected chi connectivity index (χ1v) is 10.1. The van der Waals surface area contributed by atoms with Crippen molar-refractivity contribution in [1.82, 2.24) is 20.3 Å². The van der Waals surface area contributed by atoms with Crippen molar-refractivity contribution >= 4 is 11.9 Å². The molecule has 1 saturated heterocycles. The van der Waals surface area contributed by atoms with E-state index in [1.165, 1.54) is 6.20 Å². The highest BCUT2D eigenvalue weighted by Crippen LogP contribution is 2.41. The van der Waals surface area contributed by atoms with Crippen LogP contribution in [0, 0.1) is 0 Å². The number of carbonyl (C=O) groups is 2. The third-order valence-electron chi connectivity index (χ3n) is 5.51. The highest BCUT2D eigenvalue weighted by Gasteiger charge is 2.64. The van der Waals surface area contributed by atoms with Crippen LogP contribution in [-0.4, -0.2) is 95.4 Å². The minimum Gasteiger partial charge on any atom is -0.477 e. The number of amides is 1. The van der Waals surface area contributed by atoms with Gasteiger partial charge in [0.05, 0.1) is 25.5 Å². The summed E-state index contributed by atoms with van der Waals surface area (Å²) >= 11 is 0. The highest BCUT2D eigenvalue weighted by atomic mass is 19.2. The Labute approximate surface area is 191 Å². The van der Waals surface area contributed by atoms with Gasteiger partial charge >= 0.3 is 11.8 Å². The van der Waals surface area contributed by atoms with Crippen molar-refractivity contribution in [2.24, 2.45) is 0 Å². The molecule has 0 bridgehead atoms. The summed E-state index contributed by atoms with van der Waals surface area (Å²) in [6, 6.07) is 2.85. The Morgan fingerprint density at radius 3 is 2.44 bits per heavy atom. The second kappa shape index (κ2) is 10.1. The number of ether oxygens (including phenoxy) is 1. The zero-order valence-electron chi connectivity index (χ0n) is 17.8. The number of nitrogens with one attached hydrogen (secondary N) is 1. The van der Waals surface area contributed by atoms with Gasteiger partial charge in [-0.2, -0.15) is 4.39 Å². The summed E-state index contributed by atoms with van der Waals surface area (Å²) in [4.78, 5) is 23.4. The molecule has 1 aliphatic rings. The van der Waals surface area contributed by atoms with Crippen LogP contribution in [0.3, 0.4) is 0 Å². The number of hydrogen-bond donors (Lipinski definition) is 6. The molecule has 14 heteroatoms. The van der Waals surface area contributed by atoms with Crippen LogP contribution >= 0.6 is 0 Å². The van der Waals surface area contributed by atoms with Crippen molar-refractivity contribution in [1.29, 1.82) is 0 Å². The second-order valence-electron chi connectivity index (χ2n) is 7.83. The summed E-state index contributed by atoms with van der Waals surface area (Å²) < 4.78 is 36.2. The number of alkyl halides is 2. The van der Waals surface area contributed by atoms with Gasteiger partial charge in [-0.05, 0) is 5.56 Å². The van der Waals surface area contributed by atoms with Crippen molar-refractivity contribution in [3.05, 3.63) is 36.0 Å². The summed E-state index contributed by atoms with van der Waals surface area (Å²) in [5.74, 6) is -7.10. The monoisotopic (exact) mass is 486 g/mol. The zero-order chi connectivity index (χ0) is 25.2. The van der Waals surface area contributed by atoms with Gasteiger partial charge in [0.15, 0.2) is 6.17 Å². The highest BCUT2D eigenvalue weighted by molar-refractivity contribution is 5.77. The number of benzene rings is 1. The van der Waals surface area contributed by atoms with E-state index in [0.717, 1.165) is 11.6 Å². The fourth-order valence-corrected chi connectivity index (χ4v) is 3.75. The molecule has 1 amide bonds. The first-order chi connectivity index (χ1) is 16.0. The quantitative estimate of drug-likeness (QED) is 0.261. The van der Waals surface area contributed by atoms with Crippen molar-refractivity contribution in [3.63, 3.8) is 0 Å². The number of carboxylic acid groups (broad SMARTS) is 1. The third kappa shape index (κ3) is 4.76.